The highest BCUT2D eigenvalue weighted by molar-refractivity contribution is 5.90. The topological polar surface area (TPSA) is 125 Å². The number of benzene rings is 1. The van der Waals surface area contributed by atoms with Crippen LogP contribution in [0.2, 0.25) is 0 Å². The number of alkyl halides is 2. The summed E-state index contributed by atoms with van der Waals surface area (Å²) in [6.07, 6.45) is 24.6. The summed E-state index contributed by atoms with van der Waals surface area (Å²) >= 11 is 0. The van der Waals surface area contributed by atoms with Gasteiger partial charge in [-0.2, -0.15) is 8.78 Å². The first-order valence-corrected chi connectivity index (χ1v) is 16.0. The monoisotopic (exact) mass is 656 g/mol. The highest BCUT2D eigenvalue weighted by Gasteiger charge is 2.40. The van der Waals surface area contributed by atoms with Crippen LogP contribution in [-0.2, 0) is 15.5 Å². The number of nitrogens with zero attached hydrogens (tertiary/aromatic N) is 2. The van der Waals surface area contributed by atoms with Gasteiger partial charge in [-0.1, -0.05) is 51.9 Å². The van der Waals surface area contributed by atoms with Crippen molar-refractivity contribution in [1.82, 2.24) is 20.2 Å². The maximum absolute atomic E-state index is 14.5. The van der Waals surface area contributed by atoms with Crippen molar-refractivity contribution in [2.75, 3.05) is 13.7 Å². The third-order valence-electron chi connectivity index (χ3n) is 8.57. The molecule has 0 unspecified atom stereocenters. The van der Waals surface area contributed by atoms with Gasteiger partial charge >= 0.3 is 0 Å². The van der Waals surface area contributed by atoms with Gasteiger partial charge in [0.2, 0.25) is 5.91 Å². The number of terminal acetylenes is 2. The Kier molecular flexibility index (Phi) is 17.3. The molecule has 2 fully saturated rings. The van der Waals surface area contributed by atoms with Gasteiger partial charge < -0.3 is 25.0 Å². The molecule has 3 atom stereocenters. The molecule has 2 heterocycles. The van der Waals surface area contributed by atoms with E-state index in [1.54, 1.807) is 30.0 Å². The number of halogens is 2. The molecule has 0 radical (unpaired) electrons. The average molecular weight is 657 g/mol. The van der Waals surface area contributed by atoms with Crippen molar-refractivity contribution in [3.8, 4) is 31.4 Å². The fourth-order valence-electron chi connectivity index (χ4n) is 6.28. The van der Waals surface area contributed by atoms with Crippen molar-refractivity contribution in [3.63, 3.8) is 0 Å². The molecule has 1 saturated heterocycles. The van der Waals surface area contributed by atoms with Crippen LogP contribution in [0.15, 0.2) is 35.5 Å². The Labute approximate surface area is 277 Å². The maximum Gasteiger partial charge on any atom is 0.295 e. The lowest BCUT2D eigenvalue weighted by molar-refractivity contribution is -0.139. The Morgan fingerprint density at radius 1 is 1.19 bits per heavy atom. The van der Waals surface area contributed by atoms with Gasteiger partial charge in [0, 0.05) is 19.0 Å². The highest BCUT2D eigenvalue weighted by atomic mass is 19.3. The van der Waals surface area contributed by atoms with E-state index < -0.39 is 23.2 Å². The second-order valence-corrected chi connectivity index (χ2v) is 11.8. The van der Waals surface area contributed by atoms with E-state index in [2.05, 4.69) is 47.6 Å². The smallest absolute Gasteiger partial charge is 0.295 e. The number of unbranched alkanes of at least 4 members (excludes halogenated alkanes) is 1. The van der Waals surface area contributed by atoms with Gasteiger partial charge in [0.1, 0.15) is 11.8 Å². The molecule has 47 heavy (non-hydrogen) atoms. The number of likely N-dealkylation sites (tertiary alicyclic amines) is 1. The second kappa shape index (κ2) is 20.0. The normalized spacial score (nSPS) is 18.0. The first kappa shape index (κ1) is 40.6. The minimum atomic E-state index is -3.21. The minimum absolute atomic E-state index is 0.0303. The lowest BCUT2D eigenvalue weighted by Crippen LogP contribution is -2.49. The number of carbonyl (C=O) groups excluding carboxylic acids is 2. The molecule has 3 N–H and O–H groups in total. The molecule has 2 aromatic rings. The fourth-order valence-corrected chi connectivity index (χ4v) is 6.28. The molecule has 4 rings (SSSR count). The summed E-state index contributed by atoms with van der Waals surface area (Å²) in [5.41, 5.74) is -0.793. The number of amides is 1. The van der Waals surface area contributed by atoms with Crippen LogP contribution in [0.4, 0.5) is 8.78 Å². The van der Waals surface area contributed by atoms with E-state index in [0.717, 1.165) is 25.7 Å². The molecule has 1 aliphatic carbocycles. The number of ether oxygens (including phenoxy) is 1. The molecule has 1 aromatic carbocycles. The predicted octanol–water partition coefficient (Wildman–Crippen LogP) is 6.48. The maximum atomic E-state index is 14.5. The van der Waals surface area contributed by atoms with E-state index >= 15 is 0 Å². The van der Waals surface area contributed by atoms with Crippen molar-refractivity contribution < 1.29 is 28.2 Å². The number of carbonyl (C=O) groups is 2. The SMILES string of the molecule is C#C.C#C.C=C(O)N[C@@H](C)C(=O)N1CC[C@@H](CC)[C@H]1C(C)=O.COc1ccc2nc(C(F)(F)CCCCC3CCCC3)c(=O)[nH]c2c1. The standard InChI is InChI=1S/C19H24F2N2O2.C13H22N2O3.2C2H2/c1-25-14-9-10-15-16(12-14)23-18(24)17(22-15)19(20,21)11-5-4-8-13-6-2-3-7-13;1-5-11-6-7-15(12(11)9(3)16)13(18)8(2)14-10(4)17;2*1-2/h9-10,12-13H,2-8,11H2,1H3,(H,23,24);8,11-12,14,17H,4-7H2,1-3H3;2*1-2H/t;8-,11+,12+;;/m.0../s1. The van der Waals surface area contributed by atoms with Crippen molar-refractivity contribution in [3.05, 3.63) is 46.7 Å². The third kappa shape index (κ3) is 11.7. The van der Waals surface area contributed by atoms with Gasteiger partial charge in [-0.3, -0.25) is 14.4 Å². The average Bonchev–Trinajstić information content (AvgIpc) is 3.74. The second-order valence-electron chi connectivity index (χ2n) is 11.8. The van der Waals surface area contributed by atoms with Gasteiger partial charge in [-0.05, 0) is 57.2 Å². The van der Waals surface area contributed by atoms with Crippen LogP contribution < -0.4 is 15.6 Å². The number of aliphatic hydroxyl groups excluding tert-OH is 1. The van der Waals surface area contributed by atoms with E-state index in [1.807, 2.05) is 6.92 Å². The van der Waals surface area contributed by atoms with Crippen molar-refractivity contribution >= 4 is 22.7 Å². The van der Waals surface area contributed by atoms with Gasteiger partial charge in [-0.15, -0.1) is 25.7 Å². The van der Waals surface area contributed by atoms with Crippen LogP contribution in [0, 0.1) is 37.5 Å². The number of fused-ring (bicyclic) bond motifs is 1. The van der Waals surface area contributed by atoms with Gasteiger partial charge in [-0.25, -0.2) is 4.98 Å². The number of aromatic amines is 1. The molecule has 258 valence electrons. The molecule has 9 nitrogen and oxygen atoms in total. The van der Waals surface area contributed by atoms with E-state index in [9.17, 15) is 23.2 Å². The summed E-state index contributed by atoms with van der Waals surface area (Å²) < 4.78 is 34.0. The largest absolute Gasteiger partial charge is 0.497 e. The molecule has 0 spiro atoms. The summed E-state index contributed by atoms with van der Waals surface area (Å²) in [7, 11) is 1.50. The number of hydrogen-bond donors (Lipinski definition) is 3. The zero-order chi connectivity index (χ0) is 35.7. The van der Waals surface area contributed by atoms with Gasteiger partial charge in [0.05, 0.1) is 24.2 Å². The van der Waals surface area contributed by atoms with E-state index in [-0.39, 0.29) is 36.0 Å². The van der Waals surface area contributed by atoms with Gasteiger partial charge in [0.15, 0.2) is 17.4 Å². The van der Waals surface area contributed by atoms with E-state index in [4.69, 9.17) is 9.84 Å². The number of methoxy groups -OCH3 is 1. The first-order chi connectivity index (χ1) is 22.4. The number of nitrogens with one attached hydrogen (secondary N) is 2. The summed E-state index contributed by atoms with van der Waals surface area (Å²) in [6.45, 7) is 9.12. The summed E-state index contributed by atoms with van der Waals surface area (Å²) in [5.74, 6) is -2.10. The third-order valence-corrected chi connectivity index (χ3v) is 8.57. The Balaban J connectivity index is 0.000000445. The molecule has 1 aromatic heterocycles. The number of H-pyrrole nitrogens is 1. The van der Waals surface area contributed by atoms with Crippen molar-refractivity contribution in [2.24, 2.45) is 11.8 Å². The summed E-state index contributed by atoms with van der Waals surface area (Å²) in [5, 5.41) is 11.6. The molecular formula is C36H50F2N4O5. The Morgan fingerprint density at radius 3 is 2.38 bits per heavy atom. The molecule has 1 saturated carbocycles. The lowest BCUT2D eigenvalue weighted by atomic mass is 9.95. The molecule has 11 heteroatoms. The number of Topliss-reactive ketones (excluding diaryl/α,β-unsaturated/α-hetero) is 1. The Bertz CT molecular complexity index is 1410. The zero-order valence-corrected chi connectivity index (χ0v) is 28.1. The fraction of sp³-hybridized carbons (Fsp3) is 0.556. The number of hydrogen-bond acceptors (Lipinski definition) is 7. The minimum Gasteiger partial charge on any atom is -0.497 e. The van der Waals surface area contributed by atoms with Crippen LogP contribution in [0.3, 0.4) is 0 Å². The van der Waals surface area contributed by atoms with Gasteiger partial charge in [0.25, 0.3) is 11.5 Å². The molecule has 2 aliphatic rings. The van der Waals surface area contributed by atoms with E-state index in [1.165, 1.54) is 39.7 Å². The lowest BCUT2D eigenvalue weighted by Gasteiger charge is -2.28. The highest BCUT2D eigenvalue weighted by Crippen LogP contribution is 2.34. The summed E-state index contributed by atoms with van der Waals surface area (Å²) in [6, 6.07) is 3.90. The Hall–Kier alpha value is -4.38. The predicted molar refractivity (Wildman–Crippen MR) is 182 cm³/mol. The molecule has 0 bridgehead atoms. The van der Waals surface area contributed by atoms with Crippen molar-refractivity contribution in [1.29, 1.82) is 0 Å². The number of ketones is 1. The quantitative estimate of drug-likeness (QED) is 0.136. The van der Waals surface area contributed by atoms with Crippen LogP contribution in [0.25, 0.3) is 11.0 Å². The number of aromatic nitrogens is 2. The first-order valence-electron chi connectivity index (χ1n) is 16.0. The van der Waals surface area contributed by atoms with E-state index in [0.29, 0.717) is 35.7 Å². The molecule has 1 aliphatic heterocycles. The molecule has 1 amide bonds. The van der Waals surface area contributed by atoms with Crippen LogP contribution >= 0.6 is 0 Å². The van der Waals surface area contributed by atoms with Crippen LogP contribution in [0.1, 0.15) is 90.7 Å². The van der Waals surface area contributed by atoms with Crippen LogP contribution in [-0.4, -0.2) is 57.4 Å². The summed E-state index contributed by atoms with van der Waals surface area (Å²) in [4.78, 5) is 44.0. The van der Waals surface area contributed by atoms with Crippen LogP contribution in [0.5, 0.6) is 5.75 Å². The number of aliphatic hydroxyl groups is 1. The number of rotatable bonds is 12. The van der Waals surface area contributed by atoms with Crippen molar-refractivity contribution in [2.45, 2.75) is 103 Å². The molecular weight excluding hydrogens is 606 g/mol. The Morgan fingerprint density at radius 2 is 1.83 bits per heavy atom. The zero-order valence-electron chi connectivity index (χ0n) is 28.1.